The maximum absolute atomic E-state index is 13.2. The molecule has 0 radical (unpaired) electrons. The van der Waals surface area contributed by atoms with Crippen LogP contribution in [-0.2, 0) is 26.2 Å². The van der Waals surface area contributed by atoms with E-state index in [4.69, 9.17) is 4.74 Å². The topological polar surface area (TPSA) is 63.5 Å². The number of carbonyl (C=O) groups excluding carboxylic acids is 1. The summed E-state index contributed by atoms with van der Waals surface area (Å²) in [4.78, 5) is 12.9. The van der Waals surface area contributed by atoms with Gasteiger partial charge in [-0.1, -0.05) is 78.4 Å². The molecule has 3 aromatic carbocycles. The number of rotatable bonds is 6. The van der Waals surface area contributed by atoms with E-state index in [0.29, 0.717) is 0 Å². The predicted molar refractivity (Wildman–Crippen MR) is 109 cm³/mol. The molecule has 0 amide bonds. The van der Waals surface area contributed by atoms with E-state index >= 15 is 0 Å². The largest absolute Gasteiger partial charge is 0.460 e. The molecule has 1 heterocycles. The average molecular weight is 407 g/mol. The van der Waals surface area contributed by atoms with Gasteiger partial charge in [0.15, 0.2) is 0 Å². The van der Waals surface area contributed by atoms with Crippen LogP contribution >= 0.6 is 0 Å². The van der Waals surface area contributed by atoms with Crippen LogP contribution in [0.2, 0.25) is 0 Å². The number of aryl methyl sites for hydroxylation is 1. The van der Waals surface area contributed by atoms with E-state index in [1.165, 1.54) is 4.31 Å². The molecule has 0 N–H and O–H groups in total. The van der Waals surface area contributed by atoms with Gasteiger partial charge >= 0.3 is 5.97 Å². The Bertz CT molecular complexity index is 1100. The van der Waals surface area contributed by atoms with E-state index < -0.39 is 28.1 Å². The fourth-order valence-corrected chi connectivity index (χ4v) is 5.07. The molecule has 0 bridgehead atoms. The zero-order chi connectivity index (χ0) is 20.4. The lowest BCUT2D eigenvalue weighted by Crippen LogP contribution is -2.21. The molecule has 1 saturated heterocycles. The van der Waals surface area contributed by atoms with Crippen molar-refractivity contribution in [2.24, 2.45) is 0 Å². The van der Waals surface area contributed by atoms with Gasteiger partial charge < -0.3 is 4.74 Å². The summed E-state index contributed by atoms with van der Waals surface area (Å²) in [7, 11) is -3.82. The van der Waals surface area contributed by atoms with Crippen molar-refractivity contribution in [3.8, 4) is 0 Å². The van der Waals surface area contributed by atoms with Gasteiger partial charge in [0, 0.05) is 0 Å². The van der Waals surface area contributed by atoms with Crippen molar-refractivity contribution in [3.05, 3.63) is 102 Å². The number of nitrogens with zero attached hydrogens (tertiary/aromatic N) is 1. The predicted octanol–water partition coefficient (Wildman–Crippen LogP) is 3.85. The summed E-state index contributed by atoms with van der Waals surface area (Å²) < 4.78 is 33.1. The highest BCUT2D eigenvalue weighted by molar-refractivity contribution is 7.89. The van der Waals surface area contributed by atoms with E-state index in [-0.39, 0.29) is 11.5 Å². The van der Waals surface area contributed by atoms with E-state index in [1.807, 2.05) is 67.6 Å². The molecule has 1 fully saturated rings. The van der Waals surface area contributed by atoms with Crippen LogP contribution in [0.3, 0.4) is 0 Å². The van der Waals surface area contributed by atoms with Gasteiger partial charge in [0.2, 0.25) is 10.0 Å². The molecule has 0 aliphatic carbocycles. The summed E-state index contributed by atoms with van der Waals surface area (Å²) >= 11 is 0. The molecule has 1 unspecified atom stereocenters. The lowest BCUT2D eigenvalue weighted by atomic mass is 10.1. The van der Waals surface area contributed by atoms with Gasteiger partial charge in [0.25, 0.3) is 0 Å². The molecule has 3 atom stereocenters. The highest BCUT2D eigenvalue weighted by Crippen LogP contribution is 2.48. The van der Waals surface area contributed by atoms with Crippen molar-refractivity contribution < 1.29 is 17.9 Å². The minimum atomic E-state index is -3.82. The Balaban J connectivity index is 1.60. The third-order valence-corrected chi connectivity index (χ3v) is 6.84. The standard InChI is InChI=1S/C23H21NO4S/c1-17-12-14-20(15-13-17)29(26,27)24-21(19-10-6-3-7-11-19)22(24)23(25)28-16-18-8-4-2-5-9-18/h2-15,21-22H,16H2,1H3/t21-,22+,24?/m0/s1. The Morgan fingerprint density at radius 1 is 0.897 bits per heavy atom. The fraction of sp³-hybridized carbons (Fsp3) is 0.174. The summed E-state index contributed by atoms with van der Waals surface area (Å²) in [6.07, 6.45) is 0. The lowest BCUT2D eigenvalue weighted by molar-refractivity contribution is -0.144. The molecule has 29 heavy (non-hydrogen) atoms. The molecule has 3 aromatic rings. The van der Waals surface area contributed by atoms with Crippen molar-refractivity contribution in [2.75, 3.05) is 0 Å². The minimum absolute atomic E-state index is 0.107. The van der Waals surface area contributed by atoms with Crippen LogP contribution in [0.25, 0.3) is 0 Å². The second-order valence-electron chi connectivity index (χ2n) is 7.04. The number of hydrogen-bond acceptors (Lipinski definition) is 4. The van der Waals surface area contributed by atoms with E-state index in [2.05, 4.69) is 0 Å². The fourth-order valence-electron chi connectivity index (χ4n) is 3.37. The smallest absolute Gasteiger partial charge is 0.326 e. The Morgan fingerprint density at radius 3 is 2.10 bits per heavy atom. The molecular formula is C23H21NO4S. The molecule has 148 valence electrons. The van der Waals surface area contributed by atoms with Crippen LogP contribution < -0.4 is 0 Å². The minimum Gasteiger partial charge on any atom is -0.460 e. The SMILES string of the molecule is Cc1ccc(S(=O)(=O)N2[C@@H](C(=O)OCc3ccccc3)[C@@H]2c2ccccc2)cc1. The zero-order valence-corrected chi connectivity index (χ0v) is 16.7. The molecular weight excluding hydrogens is 386 g/mol. The number of hydrogen-bond donors (Lipinski definition) is 0. The highest BCUT2D eigenvalue weighted by atomic mass is 32.2. The third-order valence-electron chi connectivity index (χ3n) is 4.96. The molecule has 1 aliphatic rings. The Morgan fingerprint density at radius 2 is 1.48 bits per heavy atom. The normalized spacial score (nSPS) is 20.8. The highest BCUT2D eigenvalue weighted by Gasteiger charge is 2.61. The van der Waals surface area contributed by atoms with Crippen molar-refractivity contribution in [1.29, 1.82) is 0 Å². The molecule has 5 nitrogen and oxygen atoms in total. The first kappa shape index (κ1) is 19.4. The Labute approximate surface area is 170 Å². The number of benzene rings is 3. The summed E-state index contributed by atoms with van der Waals surface area (Å²) in [6, 6.07) is 23.7. The van der Waals surface area contributed by atoms with E-state index in [0.717, 1.165) is 16.7 Å². The van der Waals surface area contributed by atoms with Gasteiger partial charge in [-0.3, -0.25) is 4.79 Å². The van der Waals surface area contributed by atoms with E-state index in [9.17, 15) is 13.2 Å². The number of sulfonamides is 1. The van der Waals surface area contributed by atoms with Crippen LogP contribution in [0.5, 0.6) is 0 Å². The van der Waals surface area contributed by atoms with E-state index in [1.54, 1.807) is 24.3 Å². The number of esters is 1. The molecule has 0 spiro atoms. The van der Waals surface area contributed by atoms with Crippen LogP contribution in [0.4, 0.5) is 0 Å². The van der Waals surface area contributed by atoms with Crippen molar-refractivity contribution in [2.45, 2.75) is 30.5 Å². The maximum atomic E-state index is 13.2. The van der Waals surface area contributed by atoms with Crippen molar-refractivity contribution in [3.63, 3.8) is 0 Å². The van der Waals surface area contributed by atoms with Gasteiger partial charge in [-0.05, 0) is 30.2 Å². The Hall–Kier alpha value is -2.96. The van der Waals surface area contributed by atoms with Crippen LogP contribution in [0, 0.1) is 6.92 Å². The van der Waals surface area contributed by atoms with Gasteiger partial charge in [-0.2, -0.15) is 4.31 Å². The van der Waals surface area contributed by atoms with Crippen LogP contribution in [0.1, 0.15) is 22.7 Å². The second kappa shape index (κ2) is 7.81. The summed E-state index contributed by atoms with van der Waals surface area (Å²) in [6.45, 7) is 2.00. The molecule has 1 aliphatic heterocycles. The first-order chi connectivity index (χ1) is 14.0. The van der Waals surface area contributed by atoms with Crippen LogP contribution in [-0.4, -0.2) is 24.7 Å². The lowest BCUT2D eigenvalue weighted by Gasteiger charge is -2.08. The first-order valence-electron chi connectivity index (χ1n) is 9.34. The average Bonchev–Trinajstić information content (AvgIpc) is 3.51. The first-order valence-corrected chi connectivity index (χ1v) is 10.8. The Kier molecular flexibility index (Phi) is 5.22. The number of carbonyl (C=O) groups is 1. The molecule has 6 heteroatoms. The summed E-state index contributed by atoms with van der Waals surface area (Å²) in [5.41, 5.74) is 2.59. The summed E-state index contributed by atoms with van der Waals surface area (Å²) in [5, 5.41) is 0. The van der Waals surface area contributed by atoms with Crippen LogP contribution in [0.15, 0.2) is 89.8 Å². The molecule has 0 aromatic heterocycles. The quantitative estimate of drug-likeness (QED) is 0.460. The van der Waals surface area contributed by atoms with Crippen molar-refractivity contribution >= 4 is 16.0 Å². The van der Waals surface area contributed by atoms with Gasteiger partial charge in [0.05, 0.1) is 10.9 Å². The van der Waals surface area contributed by atoms with Gasteiger partial charge in [0.1, 0.15) is 12.6 Å². The summed E-state index contributed by atoms with van der Waals surface area (Å²) in [5.74, 6) is -0.543. The zero-order valence-electron chi connectivity index (χ0n) is 15.9. The molecule has 4 rings (SSSR count). The third kappa shape index (κ3) is 3.95. The second-order valence-corrected chi connectivity index (χ2v) is 8.88. The van der Waals surface area contributed by atoms with Crippen molar-refractivity contribution in [1.82, 2.24) is 4.31 Å². The van der Waals surface area contributed by atoms with Gasteiger partial charge in [-0.25, -0.2) is 8.42 Å². The molecule has 0 saturated carbocycles. The monoisotopic (exact) mass is 407 g/mol. The van der Waals surface area contributed by atoms with Gasteiger partial charge in [-0.15, -0.1) is 0 Å². The maximum Gasteiger partial charge on any atom is 0.326 e. The number of ether oxygens (including phenoxy) is 1.